The molecule has 0 bridgehead atoms. The lowest BCUT2D eigenvalue weighted by atomic mass is 10.0. The smallest absolute Gasteiger partial charge is 0.247 e. The number of carbonyl (C=O) groups excluding carboxylic acids is 2. The van der Waals surface area contributed by atoms with Crippen molar-refractivity contribution in [2.24, 2.45) is 0 Å². The van der Waals surface area contributed by atoms with Crippen LogP contribution in [0.3, 0.4) is 0 Å². The summed E-state index contributed by atoms with van der Waals surface area (Å²) in [4.78, 5) is 27.7. The van der Waals surface area contributed by atoms with Gasteiger partial charge in [-0.2, -0.15) is 0 Å². The average molecular weight is 431 g/mol. The summed E-state index contributed by atoms with van der Waals surface area (Å²) in [5.74, 6) is -0.279. The van der Waals surface area contributed by atoms with E-state index in [1.54, 1.807) is 24.0 Å². The maximum Gasteiger partial charge on any atom is 0.247 e. The lowest BCUT2D eigenvalue weighted by molar-refractivity contribution is -0.141. The number of nitrogens with zero attached hydrogens (tertiary/aromatic N) is 1. The number of hydrogen-bond donors (Lipinski definition) is 1. The normalized spacial score (nSPS) is 11.9. The molecule has 2 aromatic carbocycles. The molecule has 2 amide bonds. The third kappa shape index (κ3) is 7.47. The van der Waals surface area contributed by atoms with E-state index in [2.05, 4.69) is 5.32 Å². The molecule has 0 spiro atoms. The van der Waals surface area contributed by atoms with Crippen LogP contribution in [0.25, 0.3) is 0 Å². The highest BCUT2D eigenvalue weighted by atomic mass is 35.5. The number of hydrogen-bond acceptors (Lipinski definition) is 3. The topological polar surface area (TPSA) is 58.6 Å². The first-order valence-corrected chi connectivity index (χ1v) is 10.8. The zero-order valence-corrected chi connectivity index (χ0v) is 18.7. The highest BCUT2D eigenvalue weighted by molar-refractivity contribution is 6.30. The zero-order chi connectivity index (χ0) is 21.9. The summed E-state index contributed by atoms with van der Waals surface area (Å²) in [5.41, 5.74) is 1.70. The van der Waals surface area contributed by atoms with Crippen LogP contribution in [-0.2, 0) is 20.9 Å². The maximum absolute atomic E-state index is 13.2. The minimum atomic E-state index is -0.708. The molecule has 6 heteroatoms. The maximum atomic E-state index is 13.2. The van der Waals surface area contributed by atoms with Crippen LogP contribution in [0.5, 0.6) is 0 Å². The van der Waals surface area contributed by atoms with E-state index in [4.69, 9.17) is 16.3 Å². The number of nitrogens with one attached hydrogen (secondary N) is 1. The summed E-state index contributed by atoms with van der Waals surface area (Å²) >= 11 is 5.99. The Morgan fingerprint density at radius 3 is 2.33 bits per heavy atom. The Hall–Kier alpha value is -2.37. The largest absolute Gasteiger partial charge is 0.379 e. The summed E-state index contributed by atoms with van der Waals surface area (Å²) in [5, 5.41) is 3.61. The summed E-state index contributed by atoms with van der Waals surface area (Å²) in [6.07, 6.45) is 1.19. The summed E-state index contributed by atoms with van der Waals surface area (Å²) in [6, 6.07) is 16.0. The van der Waals surface area contributed by atoms with Gasteiger partial charge in [-0.25, -0.2) is 0 Å². The number of carbonyl (C=O) groups is 2. The Kier molecular flexibility index (Phi) is 9.84. The van der Waals surface area contributed by atoms with Crippen molar-refractivity contribution in [2.45, 2.75) is 52.3 Å². The van der Waals surface area contributed by atoms with Gasteiger partial charge in [-0.3, -0.25) is 9.59 Å². The van der Waals surface area contributed by atoms with E-state index < -0.39 is 6.04 Å². The van der Waals surface area contributed by atoms with Crippen molar-refractivity contribution < 1.29 is 14.3 Å². The van der Waals surface area contributed by atoms with Crippen molar-refractivity contribution in [3.63, 3.8) is 0 Å². The molecule has 0 aliphatic carbocycles. The number of rotatable bonds is 11. The second-order valence-electron chi connectivity index (χ2n) is 7.38. The molecule has 0 fully saturated rings. The lowest BCUT2D eigenvalue weighted by Crippen LogP contribution is -2.43. The molecule has 30 heavy (non-hydrogen) atoms. The molecular formula is C24H31ClN2O3. The molecule has 0 heterocycles. The van der Waals surface area contributed by atoms with Gasteiger partial charge in [0.1, 0.15) is 6.04 Å². The van der Waals surface area contributed by atoms with Gasteiger partial charge in [0.2, 0.25) is 11.8 Å². The average Bonchev–Trinajstić information content (AvgIpc) is 2.74. The number of halogens is 1. The van der Waals surface area contributed by atoms with Gasteiger partial charge in [0.05, 0.1) is 6.10 Å². The van der Waals surface area contributed by atoms with Crippen LogP contribution in [-0.4, -0.2) is 36.0 Å². The minimum Gasteiger partial charge on any atom is -0.379 e. The molecule has 5 nitrogen and oxygen atoms in total. The quantitative estimate of drug-likeness (QED) is 0.523. The predicted octanol–water partition coefficient (Wildman–Crippen LogP) is 4.75. The van der Waals surface area contributed by atoms with Gasteiger partial charge >= 0.3 is 0 Å². The molecule has 0 saturated carbocycles. The number of ether oxygens (including phenoxy) is 1. The highest BCUT2D eigenvalue weighted by Gasteiger charge is 2.30. The molecular weight excluding hydrogens is 400 g/mol. The van der Waals surface area contributed by atoms with E-state index in [0.717, 1.165) is 11.1 Å². The minimum absolute atomic E-state index is 0.0860. The molecule has 1 N–H and O–H groups in total. The van der Waals surface area contributed by atoms with Gasteiger partial charge < -0.3 is 15.0 Å². The van der Waals surface area contributed by atoms with Crippen LogP contribution in [0.4, 0.5) is 0 Å². The highest BCUT2D eigenvalue weighted by Crippen LogP contribution is 2.25. The molecule has 1 atom stereocenters. The Morgan fingerprint density at radius 1 is 1.07 bits per heavy atom. The van der Waals surface area contributed by atoms with Crippen molar-refractivity contribution in [2.75, 3.05) is 13.2 Å². The first kappa shape index (κ1) is 23.9. The predicted molar refractivity (Wildman–Crippen MR) is 120 cm³/mol. The first-order valence-electron chi connectivity index (χ1n) is 10.4. The monoisotopic (exact) mass is 430 g/mol. The summed E-state index contributed by atoms with van der Waals surface area (Å²) in [7, 11) is 0. The van der Waals surface area contributed by atoms with Gasteiger partial charge in [0, 0.05) is 31.1 Å². The van der Waals surface area contributed by atoms with Gasteiger partial charge in [0.25, 0.3) is 0 Å². The molecule has 1 unspecified atom stereocenters. The van der Waals surface area contributed by atoms with Gasteiger partial charge in [-0.1, -0.05) is 61.0 Å². The molecule has 2 aromatic rings. The van der Waals surface area contributed by atoms with E-state index in [-0.39, 0.29) is 17.9 Å². The van der Waals surface area contributed by atoms with E-state index in [1.807, 2.05) is 56.3 Å². The zero-order valence-electron chi connectivity index (χ0n) is 17.9. The van der Waals surface area contributed by atoms with E-state index >= 15 is 0 Å². The fraction of sp³-hybridized carbons (Fsp3) is 0.417. The van der Waals surface area contributed by atoms with Gasteiger partial charge in [0.15, 0.2) is 0 Å². The van der Waals surface area contributed by atoms with E-state index in [9.17, 15) is 9.59 Å². The van der Waals surface area contributed by atoms with Crippen molar-refractivity contribution in [3.05, 3.63) is 70.7 Å². The Morgan fingerprint density at radius 2 is 1.73 bits per heavy atom. The number of benzene rings is 2. The van der Waals surface area contributed by atoms with Crippen LogP contribution in [0, 0.1) is 0 Å². The van der Waals surface area contributed by atoms with Crippen LogP contribution in [0.1, 0.15) is 50.8 Å². The number of amides is 2. The molecule has 0 saturated heterocycles. The van der Waals surface area contributed by atoms with Crippen LogP contribution in [0.15, 0.2) is 54.6 Å². The van der Waals surface area contributed by atoms with Crippen molar-refractivity contribution in [1.82, 2.24) is 10.2 Å². The van der Waals surface area contributed by atoms with E-state index in [1.165, 1.54) is 0 Å². The van der Waals surface area contributed by atoms with E-state index in [0.29, 0.717) is 37.6 Å². The first-order chi connectivity index (χ1) is 14.4. The molecule has 162 valence electrons. The molecule has 2 rings (SSSR count). The standard InChI is InChI=1S/C24H31ClN2O3/c1-4-22(28)27(17-19-11-13-21(25)14-12-19)23(20-9-6-5-7-10-20)24(29)26-15-8-16-30-18(2)3/h5-7,9-14,18,23H,4,8,15-17H2,1-3H3,(H,26,29). The molecule has 0 aromatic heterocycles. The van der Waals surface area contributed by atoms with Crippen molar-refractivity contribution in [1.29, 1.82) is 0 Å². The third-order valence-corrected chi connectivity index (χ3v) is 4.89. The van der Waals surface area contributed by atoms with Crippen LogP contribution >= 0.6 is 11.6 Å². The second-order valence-corrected chi connectivity index (χ2v) is 7.82. The second kappa shape index (κ2) is 12.4. The van der Waals surface area contributed by atoms with Crippen molar-refractivity contribution >= 4 is 23.4 Å². The van der Waals surface area contributed by atoms with Gasteiger partial charge in [-0.15, -0.1) is 0 Å². The fourth-order valence-electron chi connectivity index (χ4n) is 3.12. The molecule has 0 aliphatic rings. The van der Waals surface area contributed by atoms with Gasteiger partial charge in [-0.05, 0) is 43.5 Å². The van der Waals surface area contributed by atoms with Crippen LogP contribution < -0.4 is 5.32 Å². The Labute approximate surface area is 184 Å². The Bertz CT molecular complexity index is 794. The lowest BCUT2D eigenvalue weighted by Gasteiger charge is -2.31. The van der Waals surface area contributed by atoms with Crippen LogP contribution in [0.2, 0.25) is 5.02 Å². The summed E-state index contributed by atoms with van der Waals surface area (Å²) < 4.78 is 5.53. The Balaban J connectivity index is 2.22. The fourth-order valence-corrected chi connectivity index (χ4v) is 3.25. The SMILES string of the molecule is CCC(=O)N(Cc1ccc(Cl)cc1)C(C(=O)NCCCOC(C)C)c1ccccc1. The molecule has 0 aliphatic heterocycles. The van der Waals surface area contributed by atoms with Crippen molar-refractivity contribution in [3.8, 4) is 0 Å². The summed E-state index contributed by atoms with van der Waals surface area (Å²) in [6.45, 7) is 7.16. The molecule has 0 radical (unpaired) electrons. The third-order valence-electron chi connectivity index (χ3n) is 4.64.